The van der Waals surface area contributed by atoms with Gasteiger partial charge in [0.05, 0.1) is 0 Å². The first-order chi connectivity index (χ1) is 9.34. The van der Waals surface area contributed by atoms with Gasteiger partial charge in [-0.05, 0) is 35.4 Å². The Kier molecular flexibility index (Phi) is 3.71. The zero-order valence-electron chi connectivity index (χ0n) is 10.9. The SMILES string of the molecule is CC(NCc1cccc2c1OCCO2)c1ccsc1. The fourth-order valence-corrected chi connectivity index (χ4v) is 2.93. The third-order valence-corrected chi connectivity index (χ3v) is 3.99. The van der Waals surface area contributed by atoms with Crippen molar-refractivity contribution in [2.45, 2.75) is 19.5 Å². The van der Waals surface area contributed by atoms with E-state index in [1.54, 1.807) is 11.3 Å². The molecule has 2 heterocycles. The Bertz CT molecular complexity index is 539. The Hall–Kier alpha value is -1.52. The highest BCUT2D eigenvalue weighted by Crippen LogP contribution is 2.33. The Morgan fingerprint density at radius 1 is 1.26 bits per heavy atom. The number of fused-ring (bicyclic) bond motifs is 1. The standard InChI is InChI=1S/C15H17NO2S/c1-11(13-5-8-19-10-13)16-9-12-3-2-4-14-15(12)18-7-6-17-14/h2-5,8,10-11,16H,6-7,9H2,1H3. The van der Waals surface area contributed by atoms with Gasteiger partial charge in [-0.15, -0.1) is 0 Å². The Balaban J connectivity index is 1.70. The van der Waals surface area contributed by atoms with Gasteiger partial charge in [-0.25, -0.2) is 0 Å². The summed E-state index contributed by atoms with van der Waals surface area (Å²) in [6.07, 6.45) is 0. The monoisotopic (exact) mass is 275 g/mol. The van der Waals surface area contributed by atoms with Gasteiger partial charge < -0.3 is 14.8 Å². The molecular formula is C15H17NO2S. The molecule has 100 valence electrons. The quantitative estimate of drug-likeness (QED) is 0.928. The molecule has 0 spiro atoms. The van der Waals surface area contributed by atoms with Gasteiger partial charge in [-0.2, -0.15) is 11.3 Å². The molecule has 3 rings (SSSR count). The van der Waals surface area contributed by atoms with Crippen molar-refractivity contribution in [3.8, 4) is 11.5 Å². The van der Waals surface area contributed by atoms with Crippen LogP contribution >= 0.6 is 11.3 Å². The molecule has 0 radical (unpaired) electrons. The van der Waals surface area contributed by atoms with Crippen LogP contribution in [0.4, 0.5) is 0 Å². The summed E-state index contributed by atoms with van der Waals surface area (Å²) >= 11 is 1.73. The minimum absolute atomic E-state index is 0.339. The molecule has 0 saturated carbocycles. The van der Waals surface area contributed by atoms with Gasteiger partial charge in [0.15, 0.2) is 11.5 Å². The summed E-state index contributed by atoms with van der Waals surface area (Å²) in [7, 11) is 0. The molecule has 2 aromatic rings. The third kappa shape index (κ3) is 2.74. The lowest BCUT2D eigenvalue weighted by Crippen LogP contribution is -2.21. The molecule has 1 aliphatic heterocycles. The maximum absolute atomic E-state index is 5.71. The summed E-state index contributed by atoms with van der Waals surface area (Å²) in [6, 6.07) is 8.55. The lowest BCUT2D eigenvalue weighted by atomic mass is 10.1. The van der Waals surface area contributed by atoms with Crippen molar-refractivity contribution in [1.82, 2.24) is 5.32 Å². The van der Waals surface area contributed by atoms with Crippen LogP contribution in [-0.2, 0) is 6.54 Å². The van der Waals surface area contributed by atoms with Crippen LogP contribution in [0.1, 0.15) is 24.1 Å². The number of para-hydroxylation sites is 1. The molecule has 1 aliphatic rings. The topological polar surface area (TPSA) is 30.5 Å². The highest BCUT2D eigenvalue weighted by Gasteiger charge is 2.16. The predicted octanol–water partition coefficient (Wildman–Crippen LogP) is 3.37. The van der Waals surface area contributed by atoms with Crippen molar-refractivity contribution in [1.29, 1.82) is 0 Å². The van der Waals surface area contributed by atoms with E-state index in [-0.39, 0.29) is 0 Å². The molecule has 0 saturated heterocycles. The van der Waals surface area contributed by atoms with Crippen molar-refractivity contribution >= 4 is 11.3 Å². The van der Waals surface area contributed by atoms with Crippen LogP contribution in [-0.4, -0.2) is 13.2 Å². The minimum atomic E-state index is 0.339. The van der Waals surface area contributed by atoms with Gasteiger partial charge in [0.1, 0.15) is 13.2 Å². The molecule has 1 aromatic heterocycles. The van der Waals surface area contributed by atoms with Crippen LogP contribution in [0, 0.1) is 0 Å². The predicted molar refractivity (Wildman–Crippen MR) is 77.0 cm³/mol. The van der Waals surface area contributed by atoms with E-state index in [2.05, 4.69) is 35.1 Å². The number of rotatable bonds is 4. The van der Waals surface area contributed by atoms with Gasteiger partial charge in [-0.1, -0.05) is 12.1 Å². The largest absolute Gasteiger partial charge is 0.486 e. The van der Waals surface area contributed by atoms with Crippen LogP contribution < -0.4 is 14.8 Å². The Morgan fingerprint density at radius 2 is 2.16 bits per heavy atom. The lowest BCUT2D eigenvalue weighted by Gasteiger charge is -2.22. The van der Waals surface area contributed by atoms with Gasteiger partial charge in [0.2, 0.25) is 0 Å². The average Bonchev–Trinajstić information content (AvgIpc) is 2.99. The molecule has 0 bridgehead atoms. The zero-order valence-corrected chi connectivity index (χ0v) is 11.7. The first-order valence-corrected chi connectivity index (χ1v) is 7.42. The maximum atomic E-state index is 5.71. The van der Waals surface area contributed by atoms with E-state index >= 15 is 0 Å². The summed E-state index contributed by atoms with van der Waals surface area (Å²) in [5.74, 6) is 1.74. The first kappa shape index (κ1) is 12.5. The van der Waals surface area contributed by atoms with Crippen LogP contribution in [0.3, 0.4) is 0 Å². The fourth-order valence-electron chi connectivity index (χ4n) is 2.18. The first-order valence-electron chi connectivity index (χ1n) is 6.47. The number of hydrogen-bond acceptors (Lipinski definition) is 4. The van der Waals surface area contributed by atoms with Gasteiger partial charge in [0, 0.05) is 18.2 Å². The average molecular weight is 275 g/mol. The second kappa shape index (κ2) is 5.63. The maximum Gasteiger partial charge on any atom is 0.165 e. The summed E-state index contributed by atoms with van der Waals surface area (Å²) in [6.45, 7) is 4.22. The highest BCUT2D eigenvalue weighted by molar-refractivity contribution is 7.07. The van der Waals surface area contributed by atoms with Crippen LogP contribution in [0.15, 0.2) is 35.0 Å². The van der Waals surface area contributed by atoms with E-state index < -0.39 is 0 Å². The van der Waals surface area contributed by atoms with Crippen molar-refractivity contribution in [2.24, 2.45) is 0 Å². The lowest BCUT2D eigenvalue weighted by molar-refractivity contribution is 0.169. The summed E-state index contributed by atoms with van der Waals surface area (Å²) in [5.41, 5.74) is 2.48. The molecule has 0 aliphatic carbocycles. The Labute approximate surface area is 117 Å². The minimum Gasteiger partial charge on any atom is -0.486 e. The van der Waals surface area contributed by atoms with Crippen LogP contribution in [0.2, 0.25) is 0 Å². The van der Waals surface area contributed by atoms with Crippen LogP contribution in [0.25, 0.3) is 0 Å². The molecule has 0 amide bonds. The molecule has 1 N–H and O–H groups in total. The van der Waals surface area contributed by atoms with Crippen molar-refractivity contribution < 1.29 is 9.47 Å². The van der Waals surface area contributed by atoms with Crippen molar-refractivity contribution in [3.05, 3.63) is 46.2 Å². The second-order valence-corrected chi connectivity index (χ2v) is 5.38. The summed E-state index contributed by atoms with van der Waals surface area (Å²) < 4.78 is 11.3. The van der Waals surface area contributed by atoms with Gasteiger partial charge in [-0.3, -0.25) is 0 Å². The van der Waals surface area contributed by atoms with Gasteiger partial charge in [0.25, 0.3) is 0 Å². The molecular weight excluding hydrogens is 258 g/mol. The normalized spacial score (nSPS) is 15.2. The molecule has 4 heteroatoms. The number of benzene rings is 1. The third-order valence-electron chi connectivity index (χ3n) is 3.29. The molecule has 1 unspecified atom stereocenters. The molecule has 1 atom stereocenters. The smallest absolute Gasteiger partial charge is 0.165 e. The van der Waals surface area contributed by atoms with E-state index in [9.17, 15) is 0 Å². The number of nitrogens with one attached hydrogen (secondary N) is 1. The fraction of sp³-hybridized carbons (Fsp3) is 0.333. The van der Waals surface area contributed by atoms with Crippen LogP contribution in [0.5, 0.6) is 11.5 Å². The molecule has 19 heavy (non-hydrogen) atoms. The molecule has 3 nitrogen and oxygen atoms in total. The van der Waals surface area contributed by atoms with Gasteiger partial charge >= 0.3 is 0 Å². The summed E-state index contributed by atoms with van der Waals surface area (Å²) in [4.78, 5) is 0. The number of hydrogen-bond donors (Lipinski definition) is 1. The highest BCUT2D eigenvalue weighted by atomic mass is 32.1. The van der Waals surface area contributed by atoms with E-state index in [1.807, 2.05) is 12.1 Å². The zero-order chi connectivity index (χ0) is 13.1. The second-order valence-electron chi connectivity index (χ2n) is 4.60. The van der Waals surface area contributed by atoms with Crippen molar-refractivity contribution in [2.75, 3.05) is 13.2 Å². The molecule has 1 aromatic carbocycles. The van der Waals surface area contributed by atoms with E-state index in [1.165, 1.54) is 5.56 Å². The molecule has 0 fully saturated rings. The van der Waals surface area contributed by atoms with Crippen molar-refractivity contribution in [3.63, 3.8) is 0 Å². The van der Waals surface area contributed by atoms with E-state index in [4.69, 9.17) is 9.47 Å². The summed E-state index contributed by atoms with van der Waals surface area (Å²) in [5, 5.41) is 7.81. The van der Waals surface area contributed by atoms with E-state index in [0.29, 0.717) is 19.3 Å². The number of thiophene rings is 1. The Morgan fingerprint density at radius 3 is 3.00 bits per heavy atom. The number of ether oxygens (including phenoxy) is 2. The van der Waals surface area contributed by atoms with E-state index in [0.717, 1.165) is 23.6 Å².